The Hall–Kier alpha value is -0.540. The summed E-state index contributed by atoms with van der Waals surface area (Å²) in [4.78, 5) is 2.60. The van der Waals surface area contributed by atoms with Gasteiger partial charge in [0, 0.05) is 29.7 Å². The average Bonchev–Trinajstić information content (AvgIpc) is 2.90. The molecule has 0 spiro atoms. The van der Waals surface area contributed by atoms with Gasteiger partial charge in [-0.05, 0) is 42.9 Å². The average molecular weight is 310 g/mol. The molecular weight excluding hydrogens is 290 g/mol. The van der Waals surface area contributed by atoms with Crippen LogP contribution in [-0.4, -0.2) is 25.1 Å². The quantitative estimate of drug-likeness (QED) is 0.844. The Morgan fingerprint density at radius 3 is 2.67 bits per heavy atom. The van der Waals surface area contributed by atoms with E-state index in [4.69, 9.17) is 4.74 Å². The van der Waals surface area contributed by atoms with E-state index < -0.39 is 0 Å². The first-order valence-corrected chi connectivity index (χ1v) is 7.60. The van der Waals surface area contributed by atoms with Gasteiger partial charge in [0.15, 0.2) is 0 Å². The van der Waals surface area contributed by atoms with Crippen molar-refractivity contribution in [2.24, 2.45) is 11.8 Å². The van der Waals surface area contributed by atoms with Crippen LogP contribution in [0.1, 0.15) is 24.8 Å². The van der Waals surface area contributed by atoms with Gasteiger partial charge in [-0.3, -0.25) is 4.90 Å². The summed E-state index contributed by atoms with van der Waals surface area (Å²) < 4.78 is 6.59. The molecule has 0 bridgehead atoms. The fourth-order valence-electron chi connectivity index (χ4n) is 3.57. The zero-order valence-electron chi connectivity index (χ0n) is 10.9. The molecule has 1 aromatic carbocycles. The van der Waals surface area contributed by atoms with Crippen LogP contribution in [0.5, 0.6) is 5.75 Å². The van der Waals surface area contributed by atoms with Gasteiger partial charge in [-0.25, -0.2) is 0 Å². The Morgan fingerprint density at radius 2 is 2.00 bits per heavy atom. The zero-order valence-corrected chi connectivity index (χ0v) is 12.4. The molecule has 0 aromatic heterocycles. The van der Waals surface area contributed by atoms with Gasteiger partial charge in [0.25, 0.3) is 0 Å². The van der Waals surface area contributed by atoms with Crippen molar-refractivity contribution in [1.29, 1.82) is 0 Å². The molecule has 0 N–H and O–H groups in total. The van der Waals surface area contributed by atoms with E-state index in [0.29, 0.717) is 0 Å². The second kappa shape index (κ2) is 5.22. The molecule has 1 aliphatic carbocycles. The van der Waals surface area contributed by atoms with Crippen LogP contribution in [0.3, 0.4) is 0 Å². The van der Waals surface area contributed by atoms with Crippen molar-refractivity contribution in [3.63, 3.8) is 0 Å². The fourth-order valence-corrected chi connectivity index (χ4v) is 3.98. The minimum atomic E-state index is 0.961. The maximum absolute atomic E-state index is 5.46. The van der Waals surface area contributed by atoms with Crippen LogP contribution in [0.4, 0.5) is 0 Å². The number of hydrogen-bond acceptors (Lipinski definition) is 2. The normalized spacial score (nSPS) is 27.4. The van der Waals surface area contributed by atoms with E-state index in [2.05, 4.69) is 33.0 Å². The van der Waals surface area contributed by atoms with E-state index in [9.17, 15) is 0 Å². The molecule has 1 aliphatic heterocycles. The largest absolute Gasteiger partial charge is 0.496 e. The predicted octanol–water partition coefficient (Wildman–Crippen LogP) is 3.69. The van der Waals surface area contributed by atoms with Gasteiger partial charge in [-0.1, -0.05) is 22.4 Å². The number of likely N-dealkylation sites (tertiary alicyclic amines) is 1. The van der Waals surface area contributed by atoms with Gasteiger partial charge in [0.2, 0.25) is 0 Å². The molecule has 2 aliphatic rings. The Morgan fingerprint density at radius 1 is 1.28 bits per heavy atom. The molecular formula is C15H20BrNO. The molecule has 2 unspecified atom stereocenters. The number of methoxy groups -OCH3 is 1. The van der Waals surface area contributed by atoms with Gasteiger partial charge in [0.1, 0.15) is 5.75 Å². The molecule has 2 nitrogen and oxygen atoms in total. The van der Waals surface area contributed by atoms with Crippen molar-refractivity contribution in [3.8, 4) is 5.75 Å². The van der Waals surface area contributed by atoms with Crippen LogP contribution < -0.4 is 4.74 Å². The SMILES string of the molecule is COc1ccc(Br)cc1CN1CC2CCCC2C1. The van der Waals surface area contributed by atoms with E-state index in [0.717, 1.165) is 28.6 Å². The summed E-state index contributed by atoms with van der Waals surface area (Å²) in [7, 11) is 1.76. The van der Waals surface area contributed by atoms with Crippen molar-refractivity contribution >= 4 is 15.9 Å². The van der Waals surface area contributed by atoms with Crippen LogP contribution in [0.25, 0.3) is 0 Å². The summed E-state index contributed by atoms with van der Waals surface area (Å²) in [5, 5.41) is 0. The number of halogens is 1. The molecule has 0 amide bonds. The van der Waals surface area contributed by atoms with Gasteiger partial charge < -0.3 is 4.74 Å². The number of fused-ring (bicyclic) bond motifs is 1. The van der Waals surface area contributed by atoms with Crippen LogP contribution >= 0.6 is 15.9 Å². The number of rotatable bonds is 3. The van der Waals surface area contributed by atoms with E-state index in [1.165, 1.54) is 37.9 Å². The molecule has 2 atom stereocenters. The second-order valence-corrected chi connectivity index (χ2v) is 6.52. The number of benzene rings is 1. The van der Waals surface area contributed by atoms with Crippen molar-refractivity contribution in [1.82, 2.24) is 4.90 Å². The Bertz CT molecular complexity index is 423. The molecule has 3 heteroatoms. The van der Waals surface area contributed by atoms with Crippen molar-refractivity contribution in [3.05, 3.63) is 28.2 Å². The highest BCUT2D eigenvalue weighted by Crippen LogP contribution is 2.38. The van der Waals surface area contributed by atoms with Gasteiger partial charge in [0.05, 0.1) is 7.11 Å². The lowest BCUT2D eigenvalue weighted by Crippen LogP contribution is -2.21. The summed E-state index contributed by atoms with van der Waals surface area (Å²) >= 11 is 3.55. The van der Waals surface area contributed by atoms with E-state index in [1.54, 1.807) is 7.11 Å². The standard InChI is InChI=1S/C15H20BrNO/c1-18-15-6-5-14(16)7-13(15)10-17-8-11-3-2-4-12(11)9-17/h5-7,11-12H,2-4,8-10H2,1H3. The molecule has 2 fully saturated rings. The predicted molar refractivity (Wildman–Crippen MR) is 76.8 cm³/mol. The molecule has 1 aromatic rings. The van der Waals surface area contributed by atoms with Gasteiger partial charge >= 0.3 is 0 Å². The van der Waals surface area contributed by atoms with Crippen LogP contribution in [0.2, 0.25) is 0 Å². The van der Waals surface area contributed by atoms with Crippen molar-refractivity contribution in [2.45, 2.75) is 25.8 Å². The monoisotopic (exact) mass is 309 g/mol. The lowest BCUT2D eigenvalue weighted by atomic mass is 10.0. The highest BCUT2D eigenvalue weighted by molar-refractivity contribution is 9.10. The van der Waals surface area contributed by atoms with E-state index >= 15 is 0 Å². The Balaban J connectivity index is 1.71. The van der Waals surface area contributed by atoms with E-state index in [1.807, 2.05) is 6.07 Å². The summed E-state index contributed by atoms with van der Waals surface area (Å²) in [6.07, 6.45) is 4.33. The third kappa shape index (κ3) is 2.43. The van der Waals surface area contributed by atoms with E-state index in [-0.39, 0.29) is 0 Å². The van der Waals surface area contributed by atoms with Gasteiger partial charge in [-0.2, -0.15) is 0 Å². The lowest BCUT2D eigenvalue weighted by Gasteiger charge is -2.18. The molecule has 1 heterocycles. The molecule has 3 rings (SSSR count). The van der Waals surface area contributed by atoms with Crippen molar-refractivity contribution < 1.29 is 4.74 Å². The highest BCUT2D eigenvalue weighted by atomic mass is 79.9. The molecule has 1 saturated carbocycles. The minimum Gasteiger partial charge on any atom is -0.496 e. The molecule has 1 saturated heterocycles. The summed E-state index contributed by atoms with van der Waals surface area (Å²) in [5.41, 5.74) is 1.30. The smallest absolute Gasteiger partial charge is 0.123 e. The minimum absolute atomic E-state index is 0.961. The highest BCUT2D eigenvalue weighted by Gasteiger charge is 2.35. The first-order chi connectivity index (χ1) is 8.76. The van der Waals surface area contributed by atoms with Gasteiger partial charge in [-0.15, -0.1) is 0 Å². The number of nitrogens with zero attached hydrogens (tertiary/aromatic N) is 1. The fraction of sp³-hybridized carbons (Fsp3) is 0.600. The van der Waals surface area contributed by atoms with Crippen LogP contribution in [0, 0.1) is 11.8 Å². The van der Waals surface area contributed by atoms with Crippen LogP contribution in [0.15, 0.2) is 22.7 Å². The lowest BCUT2D eigenvalue weighted by molar-refractivity contribution is 0.296. The third-order valence-electron chi connectivity index (χ3n) is 4.44. The molecule has 98 valence electrons. The Kier molecular flexibility index (Phi) is 3.62. The molecule has 18 heavy (non-hydrogen) atoms. The van der Waals surface area contributed by atoms with Crippen LogP contribution in [-0.2, 0) is 6.54 Å². The molecule has 0 radical (unpaired) electrons. The zero-order chi connectivity index (χ0) is 12.5. The maximum Gasteiger partial charge on any atom is 0.123 e. The second-order valence-electron chi connectivity index (χ2n) is 5.60. The first-order valence-electron chi connectivity index (χ1n) is 6.81. The summed E-state index contributed by atoms with van der Waals surface area (Å²) in [6, 6.07) is 6.28. The Labute approximate surface area is 117 Å². The topological polar surface area (TPSA) is 12.5 Å². The summed E-state index contributed by atoms with van der Waals surface area (Å²) in [6.45, 7) is 3.58. The first kappa shape index (κ1) is 12.5. The number of hydrogen-bond donors (Lipinski definition) is 0. The summed E-state index contributed by atoms with van der Waals surface area (Å²) in [5.74, 6) is 2.93. The van der Waals surface area contributed by atoms with Crippen molar-refractivity contribution in [2.75, 3.05) is 20.2 Å². The number of ether oxygens (including phenoxy) is 1. The maximum atomic E-state index is 5.46. The third-order valence-corrected chi connectivity index (χ3v) is 4.93.